The van der Waals surface area contributed by atoms with E-state index >= 15 is 0 Å². The number of hydrogen-bond acceptors (Lipinski definition) is 3. The van der Waals surface area contributed by atoms with E-state index in [1.165, 1.54) is 13.0 Å². The fourth-order valence-corrected chi connectivity index (χ4v) is 2.62. The number of hydrogen-bond donors (Lipinski definition) is 1. The number of rotatable bonds is 4. The molecule has 1 aliphatic rings. The van der Waals surface area contributed by atoms with Crippen molar-refractivity contribution >= 4 is 52.3 Å². The summed E-state index contributed by atoms with van der Waals surface area (Å²) in [5.41, 5.74) is 1.78. The molecule has 4 nitrogen and oxygen atoms in total. The average Bonchev–Trinajstić information content (AvgIpc) is 2.89. The Morgan fingerprint density at radius 3 is 2.74 bits per heavy atom. The molecular weight excluding hydrogens is 366 g/mol. The zero-order chi connectivity index (χ0) is 17.2. The molecule has 0 aliphatic carbocycles. The number of ether oxygens (including phenoxy) is 1. The lowest BCUT2D eigenvalue weighted by atomic mass is 10.00. The summed E-state index contributed by atoms with van der Waals surface area (Å²) in [5.74, 6) is -0.526. The summed E-state index contributed by atoms with van der Waals surface area (Å²) in [6, 6.07) is 2.92. The lowest BCUT2D eigenvalue weighted by Gasteiger charge is -2.12. The number of halogens is 4. The Labute approximate surface area is 149 Å². The van der Waals surface area contributed by atoms with Crippen LogP contribution >= 0.6 is 34.8 Å². The summed E-state index contributed by atoms with van der Waals surface area (Å²) in [5, 5.41) is 2.58. The first-order valence-electron chi connectivity index (χ1n) is 7.01. The van der Waals surface area contributed by atoms with Crippen LogP contribution in [0.3, 0.4) is 0 Å². The highest BCUT2D eigenvalue weighted by Crippen LogP contribution is 2.32. The van der Waals surface area contributed by atoms with Gasteiger partial charge in [-0.3, -0.25) is 4.79 Å². The van der Waals surface area contributed by atoms with E-state index in [0.29, 0.717) is 30.7 Å². The number of benzene rings is 1. The van der Waals surface area contributed by atoms with Gasteiger partial charge < -0.3 is 10.1 Å². The molecule has 126 valence electrons. The highest BCUT2D eigenvalue weighted by molar-refractivity contribution is 6.76. The van der Waals surface area contributed by atoms with Crippen molar-refractivity contribution in [3.05, 3.63) is 29.1 Å². The van der Waals surface area contributed by atoms with E-state index in [1.54, 1.807) is 13.0 Å². The molecule has 2 rings (SSSR count). The van der Waals surface area contributed by atoms with Crippen LogP contribution in [0, 0.1) is 12.7 Å². The number of nitrogens with one attached hydrogen (secondary N) is 1. The molecule has 0 bridgehead atoms. The van der Waals surface area contributed by atoms with Crippen LogP contribution in [0.5, 0.6) is 0 Å². The minimum absolute atomic E-state index is 0.0856. The summed E-state index contributed by atoms with van der Waals surface area (Å²) in [6.07, 6.45) is 1.19. The Hall–Kier alpha value is -1.04. The van der Waals surface area contributed by atoms with Crippen molar-refractivity contribution in [2.75, 3.05) is 11.9 Å². The quantitative estimate of drug-likeness (QED) is 0.795. The van der Waals surface area contributed by atoms with Crippen molar-refractivity contribution in [3.63, 3.8) is 0 Å². The third-order valence-electron chi connectivity index (χ3n) is 3.47. The molecule has 1 heterocycles. The fraction of sp³-hybridized carbons (Fsp3) is 0.467. The van der Waals surface area contributed by atoms with E-state index < -0.39 is 3.79 Å². The number of nitrogens with zero attached hydrogens (tertiary/aromatic N) is 1. The monoisotopic (exact) mass is 380 g/mol. The van der Waals surface area contributed by atoms with Gasteiger partial charge in [0, 0.05) is 12.6 Å². The first kappa shape index (κ1) is 18.3. The van der Waals surface area contributed by atoms with Gasteiger partial charge in [-0.15, -0.1) is 0 Å². The molecule has 1 aliphatic heterocycles. The normalized spacial score (nSPS) is 17.7. The van der Waals surface area contributed by atoms with E-state index in [9.17, 15) is 9.18 Å². The van der Waals surface area contributed by atoms with E-state index in [2.05, 4.69) is 10.3 Å². The molecule has 1 N–H and O–H groups in total. The van der Waals surface area contributed by atoms with E-state index in [0.717, 1.165) is 5.56 Å². The predicted molar refractivity (Wildman–Crippen MR) is 91.2 cm³/mol. The Morgan fingerprint density at radius 2 is 2.17 bits per heavy atom. The molecule has 0 unspecified atom stereocenters. The van der Waals surface area contributed by atoms with Crippen LogP contribution in [0.1, 0.15) is 24.5 Å². The first-order chi connectivity index (χ1) is 10.7. The predicted octanol–water partition coefficient (Wildman–Crippen LogP) is 4.19. The van der Waals surface area contributed by atoms with Gasteiger partial charge >= 0.3 is 0 Å². The standard InChI is InChI=1S/C15H16Cl3FN2O2/c1-8-10(5-12(6-13(8)19)20-9(2)22)3-4-11-7-23-14(21-11)15(16,17)18/h5-6,11H,3-4,7H2,1-2H3,(H,20,22)/t11-/m0/s1. The van der Waals surface area contributed by atoms with Crippen molar-refractivity contribution in [1.29, 1.82) is 0 Å². The maximum atomic E-state index is 14.0. The average molecular weight is 382 g/mol. The Bertz CT molecular complexity index is 644. The molecule has 8 heteroatoms. The highest BCUT2D eigenvalue weighted by atomic mass is 35.6. The van der Waals surface area contributed by atoms with Crippen LogP contribution in [0.15, 0.2) is 17.1 Å². The SMILES string of the molecule is CC(=O)Nc1cc(F)c(C)c(CC[C@H]2COC(C(Cl)(Cl)Cl)=N2)c1. The van der Waals surface area contributed by atoms with Crippen LogP contribution in [0.25, 0.3) is 0 Å². The molecule has 0 spiro atoms. The number of carbonyl (C=O) groups excluding carboxylic acids is 1. The van der Waals surface area contributed by atoms with Gasteiger partial charge in [0.15, 0.2) is 0 Å². The number of carbonyl (C=O) groups is 1. The topological polar surface area (TPSA) is 50.7 Å². The molecule has 23 heavy (non-hydrogen) atoms. The molecule has 0 radical (unpaired) electrons. The van der Waals surface area contributed by atoms with Crippen LogP contribution in [0.2, 0.25) is 0 Å². The van der Waals surface area contributed by atoms with Crippen molar-refractivity contribution in [2.45, 2.75) is 36.5 Å². The Kier molecular flexibility index (Phi) is 5.76. The second-order valence-corrected chi connectivity index (χ2v) is 7.64. The van der Waals surface area contributed by atoms with Gasteiger partial charge in [-0.1, -0.05) is 34.8 Å². The smallest absolute Gasteiger partial charge is 0.266 e. The largest absolute Gasteiger partial charge is 0.476 e. The molecule has 0 fully saturated rings. The van der Waals surface area contributed by atoms with Crippen LogP contribution in [0.4, 0.5) is 10.1 Å². The molecule has 0 aromatic heterocycles. The number of aryl methyl sites for hydroxylation is 1. The third-order valence-corrected chi connectivity index (χ3v) is 3.96. The minimum Gasteiger partial charge on any atom is -0.476 e. The number of alkyl halides is 3. The van der Waals surface area contributed by atoms with Gasteiger partial charge in [0.05, 0.1) is 6.04 Å². The van der Waals surface area contributed by atoms with Gasteiger partial charge in [0.2, 0.25) is 11.8 Å². The molecule has 1 atom stereocenters. The second-order valence-electron chi connectivity index (χ2n) is 5.36. The molecule has 0 saturated heterocycles. The van der Waals surface area contributed by atoms with Gasteiger partial charge in [-0.05, 0) is 43.0 Å². The molecular formula is C15H16Cl3FN2O2. The molecule has 1 aromatic carbocycles. The molecule has 1 aromatic rings. The van der Waals surface area contributed by atoms with E-state index in [-0.39, 0.29) is 23.7 Å². The van der Waals surface area contributed by atoms with Crippen LogP contribution < -0.4 is 5.32 Å². The summed E-state index contributed by atoms with van der Waals surface area (Å²) < 4.78 is 17.6. The lowest BCUT2D eigenvalue weighted by molar-refractivity contribution is -0.114. The Morgan fingerprint density at radius 1 is 1.48 bits per heavy atom. The van der Waals surface area contributed by atoms with Crippen LogP contribution in [-0.2, 0) is 16.0 Å². The van der Waals surface area contributed by atoms with E-state index in [4.69, 9.17) is 39.5 Å². The van der Waals surface area contributed by atoms with Crippen molar-refractivity contribution < 1.29 is 13.9 Å². The zero-order valence-electron chi connectivity index (χ0n) is 12.6. The zero-order valence-corrected chi connectivity index (χ0v) is 14.9. The van der Waals surface area contributed by atoms with Crippen molar-refractivity contribution in [3.8, 4) is 0 Å². The number of amides is 1. The van der Waals surface area contributed by atoms with Gasteiger partial charge in [0.25, 0.3) is 3.79 Å². The number of aliphatic imine (C=N–C) groups is 1. The highest BCUT2D eigenvalue weighted by Gasteiger charge is 2.35. The van der Waals surface area contributed by atoms with Crippen molar-refractivity contribution in [1.82, 2.24) is 0 Å². The molecule has 1 amide bonds. The van der Waals surface area contributed by atoms with Gasteiger partial charge in [-0.2, -0.15) is 0 Å². The van der Waals surface area contributed by atoms with Gasteiger partial charge in [-0.25, -0.2) is 9.38 Å². The lowest BCUT2D eigenvalue weighted by Crippen LogP contribution is -2.18. The fourth-order valence-electron chi connectivity index (χ4n) is 2.31. The van der Waals surface area contributed by atoms with Gasteiger partial charge in [0.1, 0.15) is 12.4 Å². The van der Waals surface area contributed by atoms with Crippen molar-refractivity contribution in [2.24, 2.45) is 4.99 Å². The summed E-state index contributed by atoms with van der Waals surface area (Å²) in [4.78, 5) is 15.3. The summed E-state index contributed by atoms with van der Waals surface area (Å²) >= 11 is 17.2. The summed E-state index contributed by atoms with van der Waals surface area (Å²) in [6.45, 7) is 3.40. The maximum absolute atomic E-state index is 14.0. The first-order valence-corrected chi connectivity index (χ1v) is 8.14. The summed E-state index contributed by atoms with van der Waals surface area (Å²) in [7, 11) is 0. The Balaban J connectivity index is 2.07. The number of anilines is 1. The minimum atomic E-state index is -1.66. The molecule has 0 saturated carbocycles. The third kappa shape index (κ3) is 4.96. The van der Waals surface area contributed by atoms with E-state index in [1.807, 2.05) is 0 Å². The maximum Gasteiger partial charge on any atom is 0.266 e. The van der Waals surface area contributed by atoms with Crippen LogP contribution in [-0.4, -0.2) is 28.2 Å². The second kappa shape index (κ2) is 7.24.